The van der Waals surface area contributed by atoms with Crippen LogP contribution in [0.4, 0.5) is 14.6 Å². The number of aromatic nitrogens is 5. The van der Waals surface area contributed by atoms with Gasteiger partial charge in [-0.15, -0.1) is 10.2 Å². The van der Waals surface area contributed by atoms with Crippen molar-refractivity contribution < 1.29 is 18.3 Å². The van der Waals surface area contributed by atoms with E-state index in [0.717, 1.165) is 19.3 Å². The van der Waals surface area contributed by atoms with Gasteiger partial charge in [0.25, 0.3) is 12.3 Å². The molecule has 35 heavy (non-hydrogen) atoms. The molecule has 176 valence electrons. The molecule has 1 N–H and O–H groups in total. The minimum absolute atomic E-state index is 0.0866. The number of carbonyl (C=O) groups excluding carboxylic acids is 1. The van der Waals surface area contributed by atoms with Gasteiger partial charge in [0.05, 0.1) is 5.56 Å². The highest BCUT2D eigenvalue weighted by Gasteiger charge is 2.31. The van der Waals surface area contributed by atoms with Crippen LogP contribution in [-0.4, -0.2) is 36.7 Å². The van der Waals surface area contributed by atoms with Gasteiger partial charge < -0.3 is 14.6 Å². The number of fused-ring (bicyclic) bond motifs is 8. The molecule has 4 bridgehead atoms. The zero-order valence-electron chi connectivity index (χ0n) is 18.4. The fourth-order valence-electron chi connectivity index (χ4n) is 4.66. The molecule has 0 radical (unpaired) electrons. The van der Waals surface area contributed by atoms with Gasteiger partial charge in [0.1, 0.15) is 35.4 Å². The number of carbonyl (C=O) groups is 1. The largest absolute Gasteiger partial charge is 0.490 e. The van der Waals surface area contributed by atoms with Crippen molar-refractivity contribution in [3.05, 3.63) is 72.3 Å². The summed E-state index contributed by atoms with van der Waals surface area (Å²) in [4.78, 5) is 21.8. The zero-order valence-corrected chi connectivity index (χ0v) is 18.4. The molecule has 2 aliphatic rings. The highest BCUT2D eigenvalue weighted by molar-refractivity contribution is 6.06. The van der Waals surface area contributed by atoms with E-state index in [2.05, 4.69) is 25.5 Å². The Morgan fingerprint density at radius 1 is 1.09 bits per heavy atom. The average Bonchev–Trinajstić information content (AvgIpc) is 3.54. The van der Waals surface area contributed by atoms with Crippen LogP contribution in [0.25, 0.3) is 22.6 Å². The number of pyridine rings is 2. The molecule has 10 heteroatoms. The predicted octanol–water partition coefficient (Wildman–Crippen LogP) is 5.08. The van der Waals surface area contributed by atoms with Gasteiger partial charge >= 0.3 is 0 Å². The number of benzene rings is 1. The number of alkyl halides is 2. The lowest BCUT2D eigenvalue weighted by atomic mass is 10.0. The maximum atomic E-state index is 13.4. The van der Waals surface area contributed by atoms with E-state index in [1.807, 2.05) is 10.6 Å². The molecule has 1 saturated carbocycles. The van der Waals surface area contributed by atoms with Crippen molar-refractivity contribution in [3.8, 4) is 28.4 Å². The number of rotatable bonds is 2. The summed E-state index contributed by atoms with van der Waals surface area (Å²) in [5.74, 6) is 1.07. The summed E-state index contributed by atoms with van der Waals surface area (Å²) in [5.41, 5.74) is 1.93. The molecular weight excluding hydrogens is 454 g/mol. The molecule has 1 fully saturated rings. The minimum Gasteiger partial charge on any atom is -0.490 e. The van der Waals surface area contributed by atoms with Crippen LogP contribution in [0.5, 0.6) is 5.75 Å². The Labute approximate surface area is 199 Å². The Bertz CT molecular complexity index is 1410. The number of ether oxygens (including phenoxy) is 1. The summed E-state index contributed by atoms with van der Waals surface area (Å²) in [6.07, 6.45) is 2.81. The van der Waals surface area contributed by atoms with E-state index in [4.69, 9.17) is 4.74 Å². The second kappa shape index (κ2) is 8.53. The quantitative estimate of drug-likeness (QED) is 0.436. The molecule has 1 aliphatic carbocycles. The normalized spacial score (nSPS) is 19.0. The molecule has 4 aromatic rings. The number of nitrogens with one attached hydrogen (secondary N) is 1. The molecule has 6 rings (SSSR count). The van der Waals surface area contributed by atoms with Gasteiger partial charge in [-0.25, -0.2) is 13.8 Å². The van der Waals surface area contributed by atoms with Crippen molar-refractivity contribution in [3.63, 3.8) is 0 Å². The molecule has 3 aromatic heterocycles. The van der Waals surface area contributed by atoms with Crippen molar-refractivity contribution in [1.29, 1.82) is 0 Å². The number of hydrogen-bond donors (Lipinski definition) is 1. The molecule has 0 saturated heterocycles. The first-order chi connectivity index (χ1) is 17.0. The van der Waals surface area contributed by atoms with Crippen LogP contribution in [0.3, 0.4) is 0 Å². The Balaban J connectivity index is 1.42. The van der Waals surface area contributed by atoms with Crippen LogP contribution in [0.1, 0.15) is 47.8 Å². The Morgan fingerprint density at radius 2 is 1.97 bits per heavy atom. The number of amides is 1. The number of anilines is 1. The van der Waals surface area contributed by atoms with E-state index in [1.165, 1.54) is 12.3 Å². The van der Waals surface area contributed by atoms with E-state index in [9.17, 15) is 13.6 Å². The molecule has 1 amide bonds. The van der Waals surface area contributed by atoms with Gasteiger partial charge in [-0.3, -0.25) is 9.78 Å². The maximum absolute atomic E-state index is 13.4. The Morgan fingerprint density at radius 3 is 2.80 bits per heavy atom. The highest BCUT2D eigenvalue weighted by Crippen LogP contribution is 2.37. The van der Waals surface area contributed by atoms with E-state index >= 15 is 0 Å². The van der Waals surface area contributed by atoms with Crippen LogP contribution >= 0.6 is 0 Å². The van der Waals surface area contributed by atoms with Crippen LogP contribution in [0.2, 0.25) is 0 Å². The summed E-state index contributed by atoms with van der Waals surface area (Å²) in [5, 5.41) is 11.2. The van der Waals surface area contributed by atoms with Gasteiger partial charge in [-0.05, 0) is 48.7 Å². The SMILES string of the molecule is O=C1Nc2cccc(n2)-c2nncn2[C@H]2CC[C@H](C2)Oc2ccc(-c3ccc(C(F)F)nc3)cc21. The molecule has 1 aromatic carbocycles. The lowest BCUT2D eigenvalue weighted by Gasteiger charge is -2.18. The standard InChI is InChI=1S/C25H20F2N6O2/c26-23(27)19-8-4-15(12-28-19)14-5-9-21-18(10-14)25(34)31-22-3-1-2-20(30-22)24-32-29-13-33(24)16-6-7-17(11-16)35-21/h1-5,8-10,12-13,16-17,23H,6-7,11H2,(H,30,31,34)/t16-,17+/m0/s1. The van der Waals surface area contributed by atoms with E-state index in [0.29, 0.717) is 39.8 Å². The monoisotopic (exact) mass is 474 g/mol. The van der Waals surface area contributed by atoms with Crippen LogP contribution in [-0.2, 0) is 0 Å². The molecule has 2 atom stereocenters. The second-order valence-corrected chi connectivity index (χ2v) is 8.61. The fourth-order valence-corrected chi connectivity index (χ4v) is 4.66. The molecule has 1 aliphatic heterocycles. The van der Waals surface area contributed by atoms with Gasteiger partial charge in [-0.2, -0.15) is 0 Å². The van der Waals surface area contributed by atoms with Gasteiger partial charge in [-0.1, -0.05) is 18.2 Å². The highest BCUT2D eigenvalue weighted by atomic mass is 19.3. The second-order valence-electron chi connectivity index (χ2n) is 8.61. The Kier molecular flexibility index (Phi) is 5.20. The fraction of sp³-hybridized carbons (Fsp3) is 0.240. The summed E-state index contributed by atoms with van der Waals surface area (Å²) in [7, 11) is 0. The van der Waals surface area contributed by atoms with E-state index in [1.54, 1.807) is 42.7 Å². The average molecular weight is 474 g/mol. The lowest BCUT2D eigenvalue weighted by Crippen LogP contribution is -2.18. The van der Waals surface area contributed by atoms with Crippen molar-refractivity contribution >= 4 is 11.7 Å². The summed E-state index contributed by atoms with van der Waals surface area (Å²) in [6, 6.07) is 13.6. The lowest BCUT2D eigenvalue weighted by molar-refractivity contribution is 0.101. The first-order valence-corrected chi connectivity index (χ1v) is 11.3. The smallest absolute Gasteiger partial charge is 0.280 e. The third-order valence-electron chi connectivity index (χ3n) is 6.40. The summed E-state index contributed by atoms with van der Waals surface area (Å²) >= 11 is 0. The van der Waals surface area contributed by atoms with Crippen molar-refractivity contribution in [2.75, 3.05) is 5.32 Å². The molecule has 0 unspecified atom stereocenters. The first-order valence-electron chi connectivity index (χ1n) is 11.3. The molecular formula is C25H20F2N6O2. The van der Waals surface area contributed by atoms with Gasteiger partial charge in [0.15, 0.2) is 5.82 Å². The van der Waals surface area contributed by atoms with Crippen molar-refractivity contribution in [2.45, 2.75) is 37.8 Å². The summed E-state index contributed by atoms with van der Waals surface area (Å²) < 4.78 is 34.1. The first kappa shape index (κ1) is 21.3. The number of hydrogen-bond acceptors (Lipinski definition) is 6. The van der Waals surface area contributed by atoms with Crippen molar-refractivity contribution in [1.82, 2.24) is 24.7 Å². The topological polar surface area (TPSA) is 94.8 Å². The maximum Gasteiger partial charge on any atom is 0.280 e. The number of halogens is 2. The number of nitrogens with zero attached hydrogens (tertiary/aromatic N) is 5. The molecule has 0 spiro atoms. The predicted molar refractivity (Wildman–Crippen MR) is 123 cm³/mol. The molecule has 8 nitrogen and oxygen atoms in total. The van der Waals surface area contributed by atoms with Gasteiger partial charge in [0.2, 0.25) is 0 Å². The Hall–Kier alpha value is -4.21. The van der Waals surface area contributed by atoms with Gasteiger partial charge in [0, 0.05) is 24.2 Å². The van der Waals surface area contributed by atoms with Crippen molar-refractivity contribution in [2.24, 2.45) is 0 Å². The van der Waals surface area contributed by atoms with Crippen LogP contribution in [0.15, 0.2) is 61.1 Å². The third kappa shape index (κ3) is 4.01. The van der Waals surface area contributed by atoms with Crippen LogP contribution in [0, 0.1) is 0 Å². The molecule has 4 heterocycles. The van der Waals surface area contributed by atoms with Crippen LogP contribution < -0.4 is 10.1 Å². The summed E-state index contributed by atoms with van der Waals surface area (Å²) in [6.45, 7) is 0. The zero-order chi connectivity index (χ0) is 23.9. The third-order valence-corrected chi connectivity index (χ3v) is 6.40. The van der Waals surface area contributed by atoms with E-state index in [-0.39, 0.29) is 23.7 Å². The van der Waals surface area contributed by atoms with E-state index < -0.39 is 6.43 Å². The minimum atomic E-state index is -2.64.